The van der Waals surface area contributed by atoms with Crippen molar-refractivity contribution in [1.82, 2.24) is 9.80 Å². The quantitative estimate of drug-likeness (QED) is 0.197. The molecule has 1 fully saturated rings. The maximum absolute atomic E-state index is 13.2. The molecule has 3 aromatic carbocycles. The molecule has 0 bridgehead atoms. The molecule has 38 heavy (non-hydrogen) atoms. The first-order valence-corrected chi connectivity index (χ1v) is 13.3. The molecular weight excluding hydrogens is 500 g/mol. The van der Waals surface area contributed by atoms with Gasteiger partial charge in [-0.25, -0.2) is 0 Å². The van der Waals surface area contributed by atoms with Gasteiger partial charge in [-0.1, -0.05) is 61.8 Å². The number of hydrogen-bond donors (Lipinski definition) is 1. The summed E-state index contributed by atoms with van der Waals surface area (Å²) in [6.07, 6.45) is 0. The molecule has 1 heterocycles. The summed E-state index contributed by atoms with van der Waals surface area (Å²) in [6.45, 7) is 9.24. The van der Waals surface area contributed by atoms with Gasteiger partial charge in [0.25, 0.3) is 11.7 Å². The van der Waals surface area contributed by atoms with Crippen LogP contribution in [0, 0.1) is 6.92 Å². The number of ketones is 1. The molecule has 0 aliphatic carbocycles. The van der Waals surface area contributed by atoms with Crippen molar-refractivity contribution in [2.45, 2.75) is 33.4 Å². The lowest BCUT2D eigenvalue weighted by Crippen LogP contribution is -2.38. The molecule has 0 aromatic heterocycles. The number of carbonyl (C=O) groups excluding carboxylic acids is 2. The second-order valence-electron chi connectivity index (χ2n) is 9.31. The summed E-state index contributed by atoms with van der Waals surface area (Å²) in [6, 6.07) is 21.2. The number of halogens is 1. The van der Waals surface area contributed by atoms with Crippen molar-refractivity contribution in [2.24, 2.45) is 0 Å². The van der Waals surface area contributed by atoms with Crippen LogP contribution in [0.3, 0.4) is 0 Å². The van der Waals surface area contributed by atoms with Gasteiger partial charge in [-0.15, -0.1) is 0 Å². The Balaban J connectivity index is 1.64. The Bertz CT molecular complexity index is 1310. The molecule has 1 N–H and O–H groups in total. The van der Waals surface area contributed by atoms with Crippen LogP contribution in [0.25, 0.3) is 5.76 Å². The highest BCUT2D eigenvalue weighted by Gasteiger charge is 2.45. The fraction of sp³-hybridized carbons (Fsp3) is 0.290. The molecule has 198 valence electrons. The van der Waals surface area contributed by atoms with Crippen LogP contribution in [0.4, 0.5) is 0 Å². The first-order valence-electron chi connectivity index (χ1n) is 12.9. The molecular formula is C31H33ClN2O4. The van der Waals surface area contributed by atoms with Crippen molar-refractivity contribution in [3.63, 3.8) is 0 Å². The van der Waals surface area contributed by atoms with Crippen molar-refractivity contribution in [3.8, 4) is 5.75 Å². The van der Waals surface area contributed by atoms with E-state index in [1.165, 1.54) is 0 Å². The van der Waals surface area contributed by atoms with E-state index in [-0.39, 0.29) is 11.3 Å². The minimum absolute atomic E-state index is 0.0745. The zero-order valence-electron chi connectivity index (χ0n) is 22.0. The maximum Gasteiger partial charge on any atom is 0.295 e. The van der Waals surface area contributed by atoms with Crippen LogP contribution in [-0.2, 0) is 16.2 Å². The summed E-state index contributed by atoms with van der Waals surface area (Å²) in [5, 5.41) is 11.9. The van der Waals surface area contributed by atoms with E-state index in [9.17, 15) is 14.7 Å². The second-order valence-corrected chi connectivity index (χ2v) is 9.75. The fourth-order valence-electron chi connectivity index (χ4n) is 4.69. The highest BCUT2D eigenvalue weighted by atomic mass is 35.5. The van der Waals surface area contributed by atoms with Crippen LogP contribution in [0.15, 0.2) is 78.4 Å². The van der Waals surface area contributed by atoms with Crippen molar-refractivity contribution in [2.75, 3.05) is 26.2 Å². The van der Waals surface area contributed by atoms with E-state index in [4.69, 9.17) is 16.3 Å². The molecule has 1 saturated heterocycles. The van der Waals surface area contributed by atoms with Gasteiger partial charge in [0, 0.05) is 23.7 Å². The average molecular weight is 533 g/mol. The van der Waals surface area contributed by atoms with Gasteiger partial charge in [-0.3, -0.25) is 9.59 Å². The molecule has 0 radical (unpaired) electrons. The summed E-state index contributed by atoms with van der Waals surface area (Å²) in [5.74, 6) is -0.878. The number of aliphatic hydroxyl groups is 1. The molecule has 1 unspecified atom stereocenters. The van der Waals surface area contributed by atoms with Crippen LogP contribution >= 0.6 is 11.6 Å². The van der Waals surface area contributed by atoms with Gasteiger partial charge in [0.1, 0.15) is 18.1 Å². The lowest BCUT2D eigenvalue weighted by Gasteiger charge is -2.28. The van der Waals surface area contributed by atoms with Crippen LogP contribution in [-0.4, -0.2) is 52.8 Å². The number of carbonyl (C=O) groups is 2. The van der Waals surface area contributed by atoms with E-state index < -0.39 is 17.7 Å². The molecule has 1 aliphatic rings. The standard InChI is InChI=1S/C31H33ClN2O4/c1-4-33(5-2)18-19-34-28(22-10-14-25(32)15-11-22)27(30(36)31(34)37)29(35)23-12-16-26(17-13-23)38-20-24-9-7-6-8-21(24)3/h6-17,28,35H,4-5,18-20H2,1-3H3/b29-27+. The predicted molar refractivity (Wildman–Crippen MR) is 150 cm³/mol. The summed E-state index contributed by atoms with van der Waals surface area (Å²) in [4.78, 5) is 30.1. The summed E-state index contributed by atoms with van der Waals surface area (Å²) >= 11 is 6.11. The minimum atomic E-state index is -0.709. The fourth-order valence-corrected chi connectivity index (χ4v) is 4.81. The lowest BCUT2D eigenvalue weighted by atomic mass is 9.95. The maximum atomic E-state index is 13.2. The second kappa shape index (κ2) is 12.3. The van der Waals surface area contributed by atoms with Crippen molar-refractivity contribution < 1.29 is 19.4 Å². The Kier molecular flexibility index (Phi) is 8.87. The number of benzene rings is 3. The average Bonchev–Trinajstić information content (AvgIpc) is 3.18. The van der Waals surface area contributed by atoms with Gasteiger partial charge in [-0.2, -0.15) is 0 Å². The molecule has 1 amide bonds. The Morgan fingerprint density at radius 1 is 0.974 bits per heavy atom. The van der Waals surface area contributed by atoms with Crippen LogP contribution in [0.5, 0.6) is 5.75 Å². The van der Waals surface area contributed by atoms with E-state index >= 15 is 0 Å². The molecule has 0 spiro atoms. The van der Waals surface area contributed by atoms with E-state index in [0.717, 1.165) is 24.2 Å². The number of hydrogen-bond acceptors (Lipinski definition) is 5. The molecule has 1 aliphatic heterocycles. The minimum Gasteiger partial charge on any atom is -0.507 e. The zero-order valence-corrected chi connectivity index (χ0v) is 22.7. The number of amides is 1. The first kappa shape index (κ1) is 27.4. The van der Waals surface area contributed by atoms with Crippen molar-refractivity contribution in [3.05, 3.63) is 106 Å². The summed E-state index contributed by atoms with van der Waals surface area (Å²) < 4.78 is 5.92. The molecule has 1 atom stereocenters. The highest BCUT2D eigenvalue weighted by molar-refractivity contribution is 6.46. The Labute approximate surface area is 229 Å². The number of likely N-dealkylation sites (N-methyl/N-ethyl adjacent to an activating group) is 1. The summed E-state index contributed by atoms with van der Waals surface area (Å²) in [5.41, 5.74) is 3.47. The van der Waals surface area contributed by atoms with E-state index in [2.05, 4.69) is 18.7 Å². The smallest absolute Gasteiger partial charge is 0.295 e. The number of aliphatic hydroxyl groups excluding tert-OH is 1. The lowest BCUT2D eigenvalue weighted by molar-refractivity contribution is -0.140. The van der Waals surface area contributed by atoms with Gasteiger partial charge in [0.05, 0.1) is 11.6 Å². The molecule has 3 aromatic rings. The van der Waals surface area contributed by atoms with Gasteiger partial charge in [-0.05, 0) is 73.1 Å². The number of likely N-dealkylation sites (tertiary alicyclic amines) is 1. The Hall–Kier alpha value is -3.61. The largest absolute Gasteiger partial charge is 0.507 e. The molecule has 0 saturated carbocycles. The Morgan fingerprint density at radius 3 is 2.26 bits per heavy atom. The molecule has 7 heteroatoms. The van der Waals surface area contributed by atoms with Gasteiger partial charge in [0.15, 0.2) is 0 Å². The van der Waals surface area contributed by atoms with Crippen molar-refractivity contribution in [1.29, 1.82) is 0 Å². The van der Waals surface area contributed by atoms with E-state index in [1.54, 1.807) is 53.4 Å². The van der Waals surface area contributed by atoms with E-state index in [1.807, 2.05) is 31.2 Å². The van der Waals surface area contributed by atoms with Crippen LogP contribution < -0.4 is 4.74 Å². The zero-order chi connectivity index (χ0) is 27.2. The third kappa shape index (κ3) is 5.93. The van der Waals surface area contributed by atoms with E-state index in [0.29, 0.717) is 41.6 Å². The number of Topliss-reactive ketones (excluding diaryl/α,β-unsaturated/α-hetero) is 1. The predicted octanol–water partition coefficient (Wildman–Crippen LogP) is 5.99. The van der Waals surface area contributed by atoms with Crippen LogP contribution in [0.2, 0.25) is 5.02 Å². The number of rotatable bonds is 10. The normalized spacial score (nSPS) is 16.9. The first-order chi connectivity index (χ1) is 18.3. The van der Waals surface area contributed by atoms with Gasteiger partial charge < -0.3 is 19.6 Å². The molecule has 4 rings (SSSR count). The van der Waals surface area contributed by atoms with Crippen LogP contribution in [0.1, 0.15) is 42.1 Å². The number of ether oxygens (including phenoxy) is 1. The third-order valence-corrected chi connectivity index (χ3v) is 7.31. The highest BCUT2D eigenvalue weighted by Crippen LogP contribution is 2.39. The monoisotopic (exact) mass is 532 g/mol. The van der Waals surface area contributed by atoms with Gasteiger partial charge in [0.2, 0.25) is 0 Å². The topological polar surface area (TPSA) is 70.1 Å². The number of nitrogens with zero attached hydrogens (tertiary/aromatic N) is 2. The third-order valence-electron chi connectivity index (χ3n) is 7.06. The SMILES string of the molecule is CCN(CC)CCN1C(=O)C(=O)/C(=C(/O)c2ccc(OCc3ccccc3C)cc2)C1c1ccc(Cl)cc1. The summed E-state index contributed by atoms with van der Waals surface area (Å²) in [7, 11) is 0. The van der Waals surface area contributed by atoms with Crippen molar-refractivity contribution >= 4 is 29.1 Å². The molecule has 6 nitrogen and oxygen atoms in total. The Morgan fingerprint density at radius 2 is 1.63 bits per heavy atom. The number of aryl methyl sites for hydroxylation is 1. The van der Waals surface area contributed by atoms with Gasteiger partial charge >= 0.3 is 0 Å².